The van der Waals surface area contributed by atoms with Gasteiger partial charge in [0.2, 0.25) is 0 Å². The van der Waals surface area contributed by atoms with Gasteiger partial charge in [-0.1, -0.05) is 35.9 Å². The van der Waals surface area contributed by atoms with E-state index in [0.717, 1.165) is 23.6 Å². The third kappa shape index (κ3) is 4.90. The summed E-state index contributed by atoms with van der Waals surface area (Å²) in [5.74, 6) is 0.924. The summed E-state index contributed by atoms with van der Waals surface area (Å²) in [7, 11) is 0. The molecule has 0 saturated carbocycles. The Bertz CT molecular complexity index is 535. The van der Waals surface area contributed by atoms with Crippen molar-refractivity contribution in [1.29, 1.82) is 0 Å². The van der Waals surface area contributed by atoms with E-state index in [-0.39, 0.29) is 5.60 Å². The van der Waals surface area contributed by atoms with Gasteiger partial charge in [-0.3, -0.25) is 0 Å². The summed E-state index contributed by atoms with van der Waals surface area (Å²) in [5, 5.41) is 0.789. The van der Waals surface area contributed by atoms with Crippen molar-refractivity contribution in [2.24, 2.45) is 0 Å². The van der Waals surface area contributed by atoms with Crippen molar-refractivity contribution in [3.63, 3.8) is 0 Å². The maximum absolute atomic E-state index is 5.89. The van der Waals surface area contributed by atoms with Crippen molar-refractivity contribution in [3.8, 4) is 5.75 Å². The lowest BCUT2D eigenvalue weighted by Crippen LogP contribution is -2.22. The minimum atomic E-state index is -0.148. The zero-order valence-corrected chi connectivity index (χ0v) is 13.1. The Hall–Kier alpha value is -1.47. The second kappa shape index (κ2) is 6.32. The van der Waals surface area contributed by atoms with Gasteiger partial charge in [-0.15, -0.1) is 0 Å². The molecule has 20 heavy (non-hydrogen) atoms. The number of hydrogen-bond acceptors (Lipinski definition) is 1. The lowest BCUT2D eigenvalue weighted by molar-refractivity contribution is 0.131. The zero-order chi connectivity index (χ0) is 14.6. The highest BCUT2D eigenvalue weighted by molar-refractivity contribution is 6.30. The van der Waals surface area contributed by atoms with Crippen LogP contribution in [-0.2, 0) is 12.8 Å². The molecule has 1 nitrogen and oxygen atoms in total. The molecule has 0 fully saturated rings. The van der Waals surface area contributed by atoms with Crippen LogP contribution < -0.4 is 4.74 Å². The fourth-order valence-corrected chi connectivity index (χ4v) is 2.14. The van der Waals surface area contributed by atoms with E-state index in [4.69, 9.17) is 16.3 Å². The van der Waals surface area contributed by atoms with Crippen LogP contribution in [0.15, 0.2) is 48.5 Å². The average Bonchev–Trinajstić information content (AvgIpc) is 2.38. The Kier molecular flexibility index (Phi) is 4.72. The van der Waals surface area contributed by atoms with Crippen molar-refractivity contribution in [3.05, 3.63) is 64.7 Å². The third-order valence-electron chi connectivity index (χ3n) is 2.96. The second-order valence-corrected chi connectivity index (χ2v) is 6.42. The maximum atomic E-state index is 5.89. The number of halogens is 1. The summed E-state index contributed by atoms with van der Waals surface area (Å²) in [6, 6.07) is 16.4. The molecule has 0 aromatic heterocycles. The topological polar surface area (TPSA) is 9.23 Å². The number of aryl methyl sites for hydroxylation is 2. The number of hydrogen-bond donors (Lipinski definition) is 0. The van der Waals surface area contributed by atoms with Crippen molar-refractivity contribution in [1.82, 2.24) is 0 Å². The van der Waals surface area contributed by atoms with Crippen LogP contribution in [0, 0.1) is 0 Å². The molecule has 0 aliphatic heterocycles. The standard InChI is InChI=1S/C18H21ClO/c1-18(2,3)20-17-12-8-15(9-13-17)5-4-14-6-10-16(19)11-7-14/h6-13H,4-5H2,1-3H3. The van der Waals surface area contributed by atoms with Crippen LogP contribution in [0.1, 0.15) is 31.9 Å². The van der Waals surface area contributed by atoms with E-state index in [1.807, 2.05) is 24.3 Å². The Labute approximate surface area is 126 Å². The van der Waals surface area contributed by atoms with E-state index < -0.39 is 0 Å². The van der Waals surface area contributed by atoms with Crippen molar-refractivity contribution in [2.75, 3.05) is 0 Å². The van der Waals surface area contributed by atoms with Crippen molar-refractivity contribution in [2.45, 2.75) is 39.2 Å². The lowest BCUT2D eigenvalue weighted by Gasteiger charge is -2.21. The Morgan fingerprint density at radius 2 is 1.25 bits per heavy atom. The summed E-state index contributed by atoms with van der Waals surface area (Å²) in [5.41, 5.74) is 2.48. The first-order valence-corrected chi connectivity index (χ1v) is 7.33. The molecule has 0 unspecified atom stereocenters. The van der Waals surface area contributed by atoms with Crippen molar-refractivity contribution < 1.29 is 4.74 Å². The first-order valence-electron chi connectivity index (χ1n) is 6.95. The quantitative estimate of drug-likeness (QED) is 0.741. The molecular weight excluding hydrogens is 268 g/mol. The molecule has 0 aliphatic rings. The average molecular weight is 289 g/mol. The minimum absolute atomic E-state index is 0.148. The zero-order valence-electron chi connectivity index (χ0n) is 12.3. The minimum Gasteiger partial charge on any atom is -0.488 e. The summed E-state index contributed by atoms with van der Waals surface area (Å²) in [4.78, 5) is 0. The SMILES string of the molecule is CC(C)(C)Oc1ccc(CCc2ccc(Cl)cc2)cc1. The molecule has 2 aromatic rings. The molecule has 2 heteroatoms. The van der Waals surface area contributed by atoms with Crippen LogP contribution >= 0.6 is 11.6 Å². The number of benzene rings is 2. The fourth-order valence-electron chi connectivity index (χ4n) is 2.02. The number of ether oxygens (including phenoxy) is 1. The molecule has 106 valence electrons. The third-order valence-corrected chi connectivity index (χ3v) is 3.21. The second-order valence-electron chi connectivity index (χ2n) is 5.98. The predicted octanol–water partition coefficient (Wildman–Crippen LogP) is 5.30. The van der Waals surface area contributed by atoms with Crippen LogP contribution in [0.25, 0.3) is 0 Å². The van der Waals surface area contributed by atoms with Crippen LogP contribution in [0.5, 0.6) is 5.75 Å². The van der Waals surface area contributed by atoms with Gasteiger partial charge in [0.1, 0.15) is 11.4 Å². The molecule has 0 heterocycles. The normalized spacial score (nSPS) is 11.4. The van der Waals surface area contributed by atoms with Crippen LogP contribution in [0.4, 0.5) is 0 Å². The highest BCUT2D eigenvalue weighted by Crippen LogP contribution is 2.19. The van der Waals surface area contributed by atoms with E-state index in [1.165, 1.54) is 11.1 Å². The maximum Gasteiger partial charge on any atom is 0.120 e. The van der Waals surface area contributed by atoms with Gasteiger partial charge in [-0.05, 0) is 69.0 Å². The summed E-state index contributed by atoms with van der Waals surface area (Å²) in [6.45, 7) is 6.17. The molecule has 0 spiro atoms. The van der Waals surface area contributed by atoms with Gasteiger partial charge in [0.05, 0.1) is 0 Å². The summed E-state index contributed by atoms with van der Waals surface area (Å²) in [6.07, 6.45) is 2.05. The van der Waals surface area contributed by atoms with Gasteiger partial charge in [-0.25, -0.2) is 0 Å². The first kappa shape index (κ1) is 14.9. The van der Waals surface area contributed by atoms with E-state index in [9.17, 15) is 0 Å². The van der Waals surface area contributed by atoms with E-state index in [1.54, 1.807) is 0 Å². The lowest BCUT2D eigenvalue weighted by atomic mass is 10.0. The highest BCUT2D eigenvalue weighted by Gasteiger charge is 2.11. The van der Waals surface area contributed by atoms with E-state index >= 15 is 0 Å². The van der Waals surface area contributed by atoms with Gasteiger partial charge < -0.3 is 4.74 Å². The fraction of sp³-hybridized carbons (Fsp3) is 0.333. The first-order chi connectivity index (χ1) is 9.42. The Morgan fingerprint density at radius 3 is 1.70 bits per heavy atom. The molecule has 0 saturated heterocycles. The highest BCUT2D eigenvalue weighted by atomic mass is 35.5. The Balaban J connectivity index is 1.92. The largest absolute Gasteiger partial charge is 0.488 e. The van der Waals surface area contributed by atoms with Crippen LogP contribution in [0.2, 0.25) is 5.02 Å². The summed E-state index contributed by atoms with van der Waals surface area (Å²) < 4.78 is 5.82. The predicted molar refractivity (Wildman–Crippen MR) is 85.7 cm³/mol. The van der Waals surface area contributed by atoms with Gasteiger partial charge in [0.15, 0.2) is 0 Å². The summed E-state index contributed by atoms with van der Waals surface area (Å²) >= 11 is 5.89. The molecule has 2 rings (SSSR count). The van der Waals surface area contributed by atoms with Gasteiger partial charge >= 0.3 is 0 Å². The van der Waals surface area contributed by atoms with Crippen LogP contribution in [0.3, 0.4) is 0 Å². The monoisotopic (exact) mass is 288 g/mol. The molecule has 2 aromatic carbocycles. The smallest absolute Gasteiger partial charge is 0.120 e. The van der Waals surface area contributed by atoms with Crippen LogP contribution in [-0.4, -0.2) is 5.60 Å². The molecular formula is C18H21ClO. The van der Waals surface area contributed by atoms with Gasteiger partial charge in [0.25, 0.3) is 0 Å². The van der Waals surface area contributed by atoms with Gasteiger partial charge in [0, 0.05) is 5.02 Å². The Morgan fingerprint density at radius 1 is 0.800 bits per heavy atom. The molecule has 0 amide bonds. The molecule has 0 aliphatic carbocycles. The molecule has 0 radical (unpaired) electrons. The molecule has 0 N–H and O–H groups in total. The van der Waals surface area contributed by atoms with E-state index in [0.29, 0.717) is 0 Å². The van der Waals surface area contributed by atoms with E-state index in [2.05, 4.69) is 45.0 Å². The number of rotatable bonds is 4. The van der Waals surface area contributed by atoms with Gasteiger partial charge in [-0.2, -0.15) is 0 Å². The van der Waals surface area contributed by atoms with Crippen molar-refractivity contribution >= 4 is 11.6 Å². The molecule has 0 atom stereocenters. The molecule has 0 bridgehead atoms.